The van der Waals surface area contributed by atoms with Gasteiger partial charge in [-0.1, -0.05) is 29.8 Å². The standard InChI is InChI=1S/C13H15ClN4O/c1-9(13-15-8-16-18-13)17-12(19)7-6-10-4-2-3-5-11(10)14/h2-5,8-9H,6-7H2,1H3,(H,17,19)(H,15,16,18). The smallest absolute Gasteiger partial charge is 0.220 e. The van der Waals surface area contributed by atoms with Crippen LogP contribution in [0.3, 0.4) is 0 Å². The predicted octanol–water partition coefficient (Wildman–Crippen LogP) is 2.27. The van der Waals surface area contributed by atoms with Crippen LogP contribution in [0, 0.1) is 0 Å². The molecule has 1 aromatic heterocycles. The molecule has 2 aromatic rings. The lowest BCUT2D eigenvalue weighted by molar-refractivity contribution is -0.121. The molecular weight excluding hydrogens is 264 g/mol. The van der Waals surface area contributed by atoms with Crippen LogP contribution < -0.4 is 5.32 Å². The van der Waals surface area contributed by atoms with E-state index in [4.69, 9.17) is 11.6 Å². The van der Waals surface area contributed by atoms with Gasteiger partial charge in [-0.05, 0) is 25.0 Å². The molecule has 1 aromatic carbocycles. The lowest BCUT2D eigenvalue weighted by Gasteiger charge is -2.11. The van der Waals surface area contributed by atoms with Crippen LogP contribution >= 0.6 is 11.6 Å². The fraction of sp³-hybridized carbons (Fsp3) is 0.308. The zero-order valence-electron chi connectivity index (χ0n) is 10.6. The van der Waals surface area contributed by atoms with E-state index >= 15 is 0 Å². The first-order chi connectivity index (χ1) is 9.16. The Hall–Kier alpha value is -1.88. The molecule has 0 saturated heterocycles. The Bertz CT molecular complexity index is 541. The summed E-state index contributed by atoms with van der Waals surface area (Å²) in [4.78, 5) is 15.8. The minimum atomic E-state index is -0.179. The molecule has 0 bridgehead atoms. The molecule has 19 heavy (non-hydrogen) atoms. The van der Waals surface area contributed by atoms with Crippen LogP contribution in [0.1, 0.15) is 30.8 Å². The van der Waals surface area contributed by atoms with E-state index in [1.807, 2.05) is 31.2 Å². The number of aryl methyl sites for hydroxylation is 1. The van der Waals surface area contributed by atoms with Crippen LogP contribution in [-0.2, 0) is 11.2 Å². The van der Waals surface area contributed by atoms with Gasteiger partial charge in [-0.2, -0.15) is 5.10 Å². The van der Waals surface area contributed by atoms with Crippen molar-refractivity contribution < 1.29 is 4.79 Å². The normalized spacial score (nSPS) is 12.1. The molecule has 0 saturated carbocycles. The highest BCUT2D eigenvalue weighted by molar-refractivity contribution is 6.31. The maximum absolute atomic E-state index is 11.8. The second kappa shape index (κ2) is 6.33. The van der Waals surface area contributed by atoms with Gasteiger partial charge in [0.25, 0.3) is 0 Å². The Morgan fingerprint density at radius 1 is 1.47 bits per heavy atom. The van der Waals surface area contributed by atoms with Crippen molar-refractivity contribution in [2.24, 2.45) is 0 Å². The number of rotatable bonds is 5. The summed E-state index contributed by atoms with van der Waals surface area (Å²) in [7, 11) is 0. The monoisotopic (exact) mass is 278 g/mol. The Kier molecular flexibility index (Phi) is 4.52. The summed E-state index contributed by atoms with van der Waals surface area (Å²) in [5.41, 5.74) is 0.978. The molecule has 0 aliphatic rings. The van der Waals surface area contributed by atoms with Crippen LogP contribution in [0.15, 0.2) is 30.6 Å². The number of halogens is 1. The van der Waals surface area contributed by atoms with Gasteiger partial charge in [0.05, 0.1) is 6.04 Å². The van der Waals surface area contributed by atoms with Gasteiger partial charge < -0.3 is 5.32 Å². The van der Waals surface area contributed by atoms with Crippen molar-refractivity contribution in [3.63, 3.8) is 0 Å². The summed E-state index contributed by atoms with van der Waals surface area (Å²) in [5.74, 6) is 0.606. The van der Waals surface area contributed by atoms with E-state index in [1.54, 1.807) is 0 Å². The van der Waals surface area contributed by atoms with Crippen molar-refractivity contribution in [2.75, 3.05) is 0 Å². The zero-order chi connectivity index (χ0) is 13.7. The van der Waals surface area contributed by atoms with Crippen molar-refractivity contribution in [2.45, 2.75) is 25.8 Å². The molecule has 2 N–H and O–H groups in total. The summed E-state index contributed by atoms with van der Waals surface area (Å²) in [5, 5.41) is 10.0. The highest BCUT2D eigenvalue weighted by Gasteiger charge is 2.12. The number of amides is 1. The number of nitrogens with zero attached hydrogens (tertiary/aromatic N) is 2. The first-order valence-electron chi connectivity index (χ1n) is 6.05. The largest absolute Gasteiger partial charge is 0.346 e. The van der Waals surface area contributed by atoms with Gasteiger partial charge in [0.2, 0.25) is 5.91 Å². The number of carbonyl (C=O) groups excluding carboxylic acids is 1. The molecule has 0 aliphatic heterocycles. The fourth-order valence-electron chi connectivity index (χ4n) is 1.75. The zero-order valence-corrected chi connectivity index (χ0v) is 11.3. The van der Waals surface area contributed by atoms with E-state index in [0.717, 1.165) is 5.56 Å². The van der Waals surface area contributed by atoms with Gasteiger partial charge in [0, 0.05) is 11.4 Å². The molecule has 1 amide bonds. The van der Waals surface area contributed by atoms with Crippen molar-refractivity contribution in [1.29, 1.82) is 0 Å². The number of carbonyl (C=O) groups is 1. The molecule has 1 unspecified atom stereocenters. The van der Waals surface area contributed by atoms with Gasteiger partial charge in [0.15, 0.2) is 0 Å². The first kappa shape index (κ1) is 13.5. The molecule has 0 fully saturated rings. The number of H-pyrrole nitrogens is 1. The Balaban J connectivity index is 1.84. The second-order valence-electron chi connectivity index (χ2n) is 4.25. The fourth-order valence-corrected chi connectivity index (χ4v) is 1.99. The maximum atomic E-state index is 11.8. The van der Waals surface area contributed by atoms with E-state index in [9.17, 15) is 4.79 Å². The van der Waals surface area contributed by atoms with Crippen molar-refractivity contribution in [1.82, 2.24) is 20.5 Å². The van der Waals surface area contributed by atoms with E-state index in [1.165, 1.54) is 6.33 Å². The minimum absolute atomic E-state index is 0.0381. The van der Waals surface area contributed by atoms with Crippen LogP contribution in [0.2, 0.25) is 5.02 Å². The highest BCUT2D eigenvalue weighted by Crippen LogP contribution is 2.16. The second-order valence-corrected chi connectivity index (χ2v) is 4.66. The maximum Gasteiger partial charge on any atom is 0.220 e. The van der Waals surface area contributed by atoms with E-state index in [2.05, 4.69) is 20.5 Å². The summed E-state index contributed by atoms with van der Waals surface area (Å²) < 4.78 is 0. The molecule has 100 valence electrons. The third-order valence-electron chi connectivity index (χ3n) is 2.80. The average Bonchev–Trinajstić information content (AvgIpc) is 2.91. The Labute approximate surface area is 116 Å². The highest BCUT2D eigenvalue weighted by atomic mass is 35.5. The number of benzene rings is 1. The van der Waals surface area contributed by atoms with Crippen LogP contribution in [0.25, 0.3) is 0 Å². The van der Waals surface area contributed by atoms with Gasteiger partial charge >= 0.3 is 0 Å². The van der Waals surface area contributed by atoms with E-state index in [-0.39, 0.29) is 11.9 Å². The molecule has 0 spiro atoms. The number of nitrogens with one attached hydrogen (secondary N) is 2. The topological polar surface area (TPSA) is 70.7 Å². The number of aromatic amines is 1. The average molecular weight is 279 g/mol. The number of aromatic nitrogens is 3. The number of hydrogen-bond acceptors (Lipinski definition) is 3. The molecule has 5 nitrogen and oxygen atoms in total. The minimum Gasteiger partial charge on any atom is -0.346 e. The first-order valence-corrected chi connectivity index (χ1v) is 6.42. The molecule has 1 atom stereocenters. The summed E-state index contributed by atoms with van der Waals surface area (Å²) >= 11 is 6.04. The molecule has 1 heterocycles. The lowest BCUT2D eigenvalue weighted by atomic mass is 10.1. The van der Waals surface area contributed by atoms with Crippen LogP contribution in [0.5, 0.6) is 0 Å². The quantitative estimate of drug-likeness (QED) is 0.881. The van der Waals surface area contributed by atoms with Crippen molar-refractivity contribution in [3.8, 4) is 0 Å². The van der Waals surface area contributed by atoms with Crippen molar-refractivity contribution >= 4 is 17.5 Å². The van der Waals surface area contributed by atoms with Crippen LogP contribution in [-0.4, -0.2) is 21.1 Å². The predicted molar refractivity (Wildman–Crippen MR) is 72.7 cm³/mol. The third kappa shape index (κ3) is 3.79. The summed E-state index contributed by atoms with van der Waals surface area (Å²) in [6, 6.07) is 7.36. The van der Waals surface area contributed by atoms with Crippen LogP contribution in [0.4, 0.5) is 0 Å². The van der Waals surface area contributed by atoms with Gasteiger partial charge in [0.1, 0.15) is 12.2 Å². The number of hydrogen-bond donors (Lipinski definition) is 2. The molecule has 0 aliphatic carbocycles. The molecule has 0 radical (unpaired) electrons. The summed E-state index contributed by atoms with van der Waals surface area (Å²) in [6.07, 6.45) is 2.43. The SMILES string of the molecule is CC(NC(=O)CCc1ccccc1Cl)c1ncn[nH]1. The van der Waals surface area contributed by atoms with Gasteiger partial charge in [-0.15, -0.1) is 0 Å². The third-order valence-corrected chi connectivity index (χ3v) is 3.17. The summed E-state index contributed by atoms with van der Waals surface area (Å²) in [6.45, 7) is 1.86. The van der Waals surface area contributed by atoms with E-state index < -0.39 is 0 Å². The molecule has 2 rings (SSSR count). The Morgan fingerprint density at radius 2 is 2.26 bits per heavy atom. The van der Waals surface area contributed by atoms with Crippen molar-refractivity contribution in [3.05, 3.63) is 47.0 Å². The van der Waals surface area contributed by atoms with E-state index in [0.29, 0.717) is 23.7 Å². The Morgan fingerprint density at radius 3 is 2.95 bits per heavy atom. The van der Waals surface area contributed by atoms with Gasteiger partial charge in [-0.25, -0.2) is 4.98 Å². The molecular formula is C13H15ClN4O. The lowest BCUT2D eigenvalue weighted by Crippen LogP contribution is -2.27. The molecule has 6 heteroatoms. The van der Waals surface area contributed by atoms with Gasteiger partial charge in [-0.3, -0.25) is 9.89 Å².